The Morgan fingerprint density at radius 3 is 2.79 bits per heavy atom. The van der Waals surface area contributed by atoms with Crippen LogP contribution in [0.15, 0.2) is 6.07 Å². The molecule has 1 aromatic heterocycles. The molecule has 0 bridgehead atoms. The standard InChI is InChI=1S/C11H21N5O3/c1-3-19-7-11-14-9(4-10(15-11)16-12)13-5-8(17)6-18-2/h4,8,17H,3,5-7,12H2,1-2H3,(H2,13,14,15,16). The van der Waals surface area contributed by atoms with Gasteiger partial charge in [0.15, 0.2) is 5.82 Å². The number of aliphatic hydroxyl groups is 1. The number of ether oxygens (including phenoxy) is 2. The maximum absolute atomic E-state index is 9.55. The predicted molar refractivity (Wildman–Crippen MR) is 71.5 cm³/mol. The summed E-state index contributed by atoms with van der Waals surface area (Å²) in [6.07, 6.45) is -0.607. The third kappa shape index (κ3) is 5.79. The highest BCUT2D eigenvalue weighted by molar-refractivity contribution is 5.46. The Hall–Kier alpha value is -1.48. The molecule has 0 aliphatic carbocycles. The summed E-state index contributed by atoms with van der Waals surface area (Å²) < 4.78 is 10.1. The molecule has 0 radical (unpaired) electrons. The molecule has 1 atom stereocenters. The molecule has 1 unspecified atom stereocenters. The Balaban J connectivity index is 2.65. The fourth-order valence-corrected chi connectivity index (χ4v) is 1.39. The minimum absolute atomic E-state index is 0.256. The summed E-state index contributed by atoms with van der Waals surface area (Å²) >= 11 is 0. The number of aliphatic hydroxyl groups excluding tert-OH is 1. The fourth-order valence-electron chi connectivity index (χ4n) is 1.39. The Morgan fingerprint density at radius 1 is 1.42 bits per heavy atom. The summed E-state index contributed by atoms with van der Waals surface area (Å²) in [6, 6.07) is 1.65. The molecule has 0 aliphatic rings. The van der Waals surface area contributed by atoms with Crippen LogP contribution in [0.25, 0.3) is 0 Å². The van der Waals surface area contributed by atoms with Crippen LogP contribution >= 0.6 is 0 Å². The van der Waals surface area contributed by atoms with Gasteiger partial charge in [-0.25, -0.2) is 15.8 Å². The van der Waals surface area contributed by atoms with E-state index in [9.17, 15) is 5.11 Å². The summed E-state index contributed by atoms with van der Waals surface area (Å²) in [5.41, 5.74) is 2.46. The fraction of sp³-hybridized carbons (Fsp3) is 0.636. The van der Waals surface area contributed by atoms with Gasteiger partial charge >= 0.3 is 0 Å². The highest BCUT2D eigenvalue weighted by Gasteiger charge is 2.07. The average Bonchev–Trinajstić information content (AvgIpc) is 2.43. The zero-order valence-corrected chi connectivity index (χ0v) is 11.2. The van der Waals surface area contributed by atoms with Gasteiger partial charge < -0.3 is 25.3 Å². The number of nitrogens with two attached hydrogens (primary N) is 1. The molecule has 0 saturated carbocycles. The number of hydrogen-bond acceptors (Lipinski definition) is 8. The Bertz CT molecular complexity index is 377. The van der Waals surface area contributed by atoms with Gasteiger partial charge in [-0.2, -0.15) is 0 Å². The number of nitrogen functional groups attached to an aromatic ring is 1. The van der Waals surface area contributed by atoms with Crippen LogP contribution in [-0.4, -0.2) is 48.0 Å². The number of aromatic nitrogens is 2. The lowest BCUT2D eigenvalue weighted by Gasteiger charge is -2.13. The van der Waals surface area contributed by atoms with Gasteiger partial charge in [0.25, 0.3) is 0 Å². The predicted octanol–water partition coefficient (Wildman–Crippen LogP) is -0.282. The van der Waals surface area contributed by atoms with Crippen molar-refractivity contribution in [1.29, 1.82) is 0 Å². The molecule has 1 rings (SSSR count). The quantitative estimate of drug-likeness (QED) is 0.358. The van der Waals surface area contributed by atoms with Crippen LogP contribution in [0.4, 0.5) is 11.6 Å². The third-order valence-electron chi connectivity index (χ3n) is 2.23. The van der Waals surface area contributed by atoms with Crippen molar-refractivity contribution in [3.05, 3.63) is 11.9 Å². The van der Waals surface area contributed by atoms with Crippen LogP contribution < -0.4 is 16.6 Å². The molecule has 0 aliphatic heterocycles. The van der Waals surface area contributed by atoms with E-state index in [0.29, 0.717) is 37.2 Å². The second kappa shape index (κ2) is 8.59. The number of anilines is 2. The number of nitrogens with zero attached hydrogens (tertiary/aromatic N) is 2. The molecule has 1 heterocycles. The maximum atomic E-state index is 9.55. The van der Waals surface area contributed by atoms with E-state index < -0.39 is 6.10 Å². The lowest BCUT2D eigenvalue weighted by molar-refractivity contribution is 0.0727. The van der Waals surface area contributed by atoms with Crippen molar-refractivity contribution in [2.45, 2.75) is 19.6 Å². The van der Waals surface area contributed by atoms with Crippen molar-refractivity contribution in [2.75, 3.05) is 37.6 Å². The molecule has 0 fully saturated rings. The minimum atomic E-state index is -0.607. The summed E-state index contributed by atoms with van der Waals surface area (Å²) in [4.78, 5) is 8.41. The highest BCUT2D eigenvalue weighted by Crippen LogP contribution is 2.11. The number of hydrazine groups is 1. The van der Waals surface area contributed by atoms with Crippen LogP contribution in [-0.2, 0) is 16.1 Å². The Kier molecular flexibility index (Phi) is 7.04. The van der Waals surface area contributed by atoms with Gasteiger partial charge in [-0.15, -0.1) is 0 Å². The summed E-state index contributed by atoms with van der Waals surface area (Å²) in [5, 5.41) is 12.5. The molecule has 0 spiro atoms. The Morgan fingerprint density at radius 2 is 2.16 bits per heavy atom. The number of hydrogen-bond donors (Lipinski definition) is 4. The molecule has 0 aromatic carbocycles. The van der Waals surface area contributed by atoms with E-state index in [4.69, 9.17) is 15.3 Å². The van der Waals surface area contributed by atoms with Gasteiger partial charge in [-0.05, 0) is 6.92 Å². The molecule has 0 saturated heterocycles. The topological polar surface area (TPSA) is 115 Å². The van der Waals surface area contributed by atoms with Crippen LogP contribution in [0, 0.1) is 0 Å². The van der Waals surface area contributed by atoms with Crippen molar-refractivity contribution >= 4 is 11.6 Å². The Labute approximate surface area is 112 Å². The van der Waals surface area contributed by atoms with Crippen LogP contribution in [0.3, 0.4) is 0 Å². The number of rotatable bonds is 9. The summed E-state index contributed by atoms with van der Waals surface area (Å²) in [7, 11) is 1.53. The van der Waals surface area contributed by atoms with Gasteiger partial charge in [0.1, 0.15) is 18.2 Å². The van der Waals surface area contributed by atoms with Crippen molar-refractivity contribution in [3.8, 4) is 0 Å². The van der Waals surface area contributed by atoms with Gasteiger partial charge in [-0.3, -0.25) is 0 Å². The largest absolute Gasteiger partial charge is 0.389 e. The summed E-state index contributed by atoms with van der Waals surface area (Å²) in [6.45, 7) is 3.36. The first-order chi connectivity index (χ1) is 9.19. The molecule has 0 amide bonds. The first-order valence-corrected chi connectivity index (χ1v) is 6.02. The maximum Gasteiger partial charge on any atom is 0.158 e. The molecular formula is C11H21N5O3. The highest BCUT2D eigenvalue weighted by atomic mass is 16.5. The van der Waals surface area contributed by atoms with Crippen molar-refractivity contribution < 1.29 is 14.6 Å². The second-order valence-electron chi connectivity index (χ2n) is 3.83. The van der Waals surface area contributed by atoms with Crippen molar-refractivity contribution in [1.82, 2.24) is 9.97 Å². The number of methoxy groups -OCH3 is 1. The van der Waals surface area contributed by atoms with Crippen LogP contribution in [0.2, 0.25) is 0 Å². The molecule has 8 heteroatoms. The number of nitrogens with one attached hydrogen (secondary N) is 2. The lowest BCUT2D eigenvalue weighted by Crippen LogP contribution is -2.25. The van der Waals surface area contributed by atoms with Crippen molar-refractivity contribution in [2.24, 2.45) is 5.84 Å². The van der Waals surface area contributed by atoms with E-state index in [-0.39, 0.29) is 6.61 Å². The van der Waals surface area contributed by atoms with Crippen molar-refractivity contribution in [3.63, 3.8) is 0 Å². The monoisotopic (exact) mass is 271 g/mol. The second-order valence-corrected chi connectivity index (χ2v) is 3.83. The zero-order chi connectivity index (χ0) is 14.1. The first kappa shape index (κ1) is 15.6. The lowest BCUT2D eigenvalue weighted by atomic mass is 10.3. The zero-order valence-electron chi connectivity index (χ0n) is 11.2. The summed E-state index contributed by atoms with van der Waals surface area (Å²) in [5.74, 6) is 6.90. The van der Waals surface area contributed by atoms with E-state index >= 15 is 0 Å². The van der Waals surface area contributed by atoms with E-state index in [2.05, 4.69) is 20.7 Å². The first-order valence-electron chi connectivity index (χ1n) is 6.02. The van der Waals surface area contributed by atoms with E-state index in [0.717, 1.165) is 0 Å². The molecule has 8 nitrogen and oxygen atoms in total. The molecule has 5 N–H and O–H groups in total. The molecule has 1 aromatic rings. The molecular weight excluding hydrogens is 250 g/mol. The van der Waals surface area contributed by atoms with Gasteiger partial charge in [0.05, 0.1) is 12.7 Å². The van der Waals surface area contributed by atoms with Gasteiger partial charge in [-0.1, -0.05) is 0 Å². The third-order valence-corrected chi connectivity index (χ3v) is 2.23. The SMILES string of the molecule is CCOCc1nc(NN)cc(NCC(O)COC)n1. The van der Waals surface area contributed by atoms with Gasteiger partial charge in [0, 0.05) is 26.3 Å². The smallest absolute Gasteiger partial charge is 0.158 e. The van der Waals surface area contributed by atoms with E-state index in [1.54, 1.807) is 6.07 Å². The van der Waals surface area contributed by atoms with E-state index in [1.165, 1.54) is 7.11 Å². The van der Waals surface area contributed by atoms with E-state index in [1.807, 2.05) is 6.92 Å². The molecule has 19 heavy (non-hydrogen) atoms. The van der Waals surface area contributed by atoms with Gasteiger partial charge in [0.2, 0.25) is 0 Å². The average molecular weight is 271 g/mol. The van der Waals surface area contributed by atoms with Crippen LogP contribution in [0.1, 0.15) is 12.7 Å². The van der Waals surface area contributed by atoms with Crippen LogP contribution in [0.5, 0.6) is 0 Å². The molecule has 108 valence electrons. The minimum Gasteiger partial charge on any atom is -0.389 e. The normalized spacial score (nSPS) is 12.2.